The molecule has 0 aliphatic heterocycles. The molecule has 0 aliphatic rings. The first-order valence-corrected chi connectivity index (χ1v) is 13.8. The maximum Gasteiger partial charge on any atom is 0.293 e. The van der Waals surface area contributed by atoms with E-state index in [1.807, 2.05) is 32.0 Å². The lowest BCUT2D eigenvalue weighted by molar-refractivity contribution is -0.141. The van der Waals surface area contributed by atoms with Gasteiger partial charge in [-0.05, 0) is 31.6 Å². The Hall–Kier alpha value is -0.520. The zero-order valence-electron chi connectivity index (χ0n) is 19.1. The van der Waals surface area contributed by atoms with Crippen LogP contribution in [0.3, 0.4) is 0 Å². The number of thiocarbonyl (C=S) groups is 1. The highest BCUT2D eigenvalue weighted by atomic mass is 32.2. The van der Waals surface area contributed by atoms with Crippen molar-refractivity contribution in [1.29, 1.82) is 0 Å². The molecule has 0 radical (unpaired) electrons. The molecule has 2 nitrogen and oxygen atoms in total. The summed E-state index contributed by atoms with van der Waals surface area (Å²) in [4.78, 5) is 11.0. The highest BCUT2D eigenvalue weighted by Gasteiger charge is 2.32. The molecule has 1 aromatic rings. The van der Waals surface area contributed by atoms with Crippen molar-refractivity contribution in [3.8, 4) is 0 Å². The molecule has 0 amide bonds. The van der Waals surface area contributed by atoms with Crippen LogP contribution in [0.5, 0.6) is 0 Å². The van der Waals surface area contributed by atoms with Crippen molar-refractivity contribution in [2.45, 2.75) is 96.5 Å². The number of ether oxygens (including phenoxy) is 1. The molecule has 1 unspecified atom stereocenters. The van der Waals surface area contributed by atoms with Crippen molar-refractivity contribution in [3.63, 3.8) is 0 Å². The van der Waals surface area contributed by atoms with Crippen LogP contribution in [-0.4, -0.2) is 27.1 Å². The first-order chi connectivity index (χ1) is 14.5. The van der Waals surface area contributed by atoms with E-state index in [4.69, 9.17) is 17.0 Å². The third-order valence-corrected chi connectivity index (χ3v) is 8.36. The molecule has 30 heavy (non-hydrogen) atoms. The Labute approximate surface area is 198 Å². The molecule has 0 aromatic heterocycles. The normalized spacial score (nSPS) is 12.5. The zero-order valence-corrected chi connectivity index (χ0v) is 21.5. The molecule has 0 bridgehead atoms. The molecule has 170 valence electrons. The Morgan fingerprint density at radius 2 is 1.53 bits per heavy atom. The van der Waals surface area contributed by atoms with Crippen molar-refractivity contribution < 1.29 is 9.53 Å². The molecule has 0 heterocycles. The van der Waals surface area contributed by atoms with Crippen LogP contribution in [0.15, 0.2) is 30.3 Å². The van der Waals surface area contributed by atoms with Gasteiger partial charge in [0.15, 0.2) is 0 Å². The van der Waals surface area contributed by atoms with E-state index in [0.29, 0.717) is 6.47 Å². The summed E-state index contributed by atoms with van der Waals surface area (Å²) in [6.07, 6.45) is 13.6. The van der Waals surface area contributed by atoms with Gasteiger partial charge < -0.3 is 4.74 Å². The van der Waals surface area contributed by atoms with Crippen LogP contribution in [0.4, 0.5) is 0 Å². The lowest BCUT2D eigenvalue weighted by atomic mass is 9.86. The lowest BCUT2D eigenvalue weighted by Crippen LogP contribution is -2.34. The first kappa shape index (κ1) is 27.5. The second-order valence-electron chi connectivity index (χ2n) is 8.37. The molecule has 0 aliphatic carbocycles. The zero-order chi connectivity index (χ0) is 22.1. The minimum Gasteiger partial charge on any atom is -0.461 e. The minimum absolute atomic E-state index is 0.102. The Balaban J connectivity index is 2.23. The van der Waals surface area contributed by atoms with E-state index in [0.717, 1.165) is 15.0 Å². The van der Waals surface area contributed by atoms with Crippen molar-refractivity contribution in [2.75, 3.05) is 11.5 Å². The molecule has 0 fully saturated rings. The number of rotatable bonds is 17. The third kappa shape index (κ3) is 12.4. The van der Waals surface area contributed by atoms with Gasteiger partial charge in [0.2, 0.25) is 0 Å². The van der Waals surface area contributed by atoms with Crippen LogP contribution in [-0.2, 0) is 9.53 Å². The summed E-state index contributed by atoms with van der Waals surface area (Å²) in [5.74, 6) is 2.02. The number of hydrogen-bond donors (Lipinski definition) is 0. The standard InChI is InChI=1S/C25H40O2S3/c1-4-5-6-7-8-9-10-11-12-16-19-29-24(28)30-20-23(25(2,3)27-21-26)22-17-14-13-15-18-22/h13-15,17-18,21,23H,4-12,16,19-20H2,1-3H3. The van der Waals surface area contributed by atoms with Gasteiger partial charge in [0.05, 0.1) is 0 Å². The van der Waals surface area contributed by atoms with Crippen molar-refractivity contribution in [3.05, 3.63) is 35.9 Å². The van der Waals surface area contributed by atoms with E-state index in [1.165, 1.54) is 69.8 Å². The Morgan fingerprint density at radius 3 is 2.10 bits per heavy atom. The number of benzene rings is 1. The Bertz CT molecular complexity index is 575. The van der Waals surface area contributed by atoms with Gasteiger partial charge in [-0.25, -0.2) is 0 Å². The third-order valence-electron chi connectivity index (χ3n) is 5.48. The van der Waals surface area contributed by atoms with Gasteiger partial charge in [0.25, 0.3) is 6.47 Å². The van der Waals surface area contributed by atoms with Crippen molar-refractivity contribution in [1.82, 2.24) is 0 Å². The van der Waals surface area contributed by atoms with Gasteiger partial charge in [-0.15, -0.1) is 23.5 Å². The number of unbranched alkanes of at least 4 members (excludes halogenated alkanes) is 9. The Morgan fingerprint density at radius 1 is 0.967 bits per heavy atom. The summed E-state index contributed by atoms with van der Waals surface area (Å²) in [6, 6.07) is 10.3. The summed E-state index contributed by atoms with van der Waals surface area (Å²) in [5, 5.41) is 0. The van der Waals surface area contributed by atoms with Crippen LogP contribution in [0.1, 0.15) is 96.5 Å². The average Bonchev–Trinajstić information content (AvgIpc) is 2.72. The van der Waals surface area contributed by atoms with E-state index in [-0.39, 0.29) is 5.92 Å². The van der Waals surface area contributed by atoms with E-state index in [9.17, 15) is 4.79 Å². The topological polar surface area (TPSA) is 26.3 Å². The highest BCUT2D eigenvalue weighted by Crippen LogP contribution is 2.35. The largest absolute Gasteiger partial charge is 0.461 e. The Kier molecular flexibility index (Phi) is 15.7. The van der Waals surface area contributed by atoms with Crippen LogP contribution in [0.2, 0.25) is 0 Å². The lowest BCUT2D eigenvalue weighted by Gasteiger charge is -2.32. The van der Waals surface area contributed by atoms with Gasteiger partial charge in [0.1, 0.15) is 9.13 Å². The number of thioether (sulfide) groups is 2. The van der Waals surface area contributed by atoms with Crippen molar-refractivity contribution in [2.24, 2.45) is 0 Å². The minimum atomic E-state index is -0.563. The second-order valence-corrected chi connectivity index (χ2v) is 11.7. The maximum atomic E-state index is 11.0. The summed E-state index contributed by atoms with van der Waals surface area (Å²) < 4.78 is 6.40. The molecule has 1 rings (SSSR count). The quantitative estimate of drug-likeness (QED) is 0.130. The van der Waals surface area contributed by atoms with Crippen LogP contribution in [0.25, 0.3) is 0 Å². The summed E-state index contributed by atoms with van der Waals surface area (Å²) in [5.41, 5.74) is 0.617. The molecule has 5 heteroatoms. The van der Waals surface area contributed by atoms with Gasteiger partial charge in [0, 0.05) is 11.7 Å². The second kappa shape index (κ2) is 17.1. The number of carbonyl (C=O) groups is 1. The van der Waals surface area contributed by atoms with Crippen LogP contribution < -0.4 is 0 Å². The van der Waals surface area contributed by atoms with Gasteiger partial charge in [-0.3, -0.25) is 4.79 Å². The highest BCUT2D eigenvalue weighted by molar-refractivity contribution is 8.47. The maximum absolute atomic E-state index is 11.0. The smallest absolute Gasteiger partial charge is 0.293 e. The predicted molar refractivity (Wildman–Crippen MR) is 140 cm³/mol. The van der Waals surface area contributed by atoms with Gasteiger partial charge in [-0.1, -0.05) is 107 Å². The van der Waals surface area contributed by atoms with Crippen molar-refractivity contribution >= 4 is 45.7 Å². The monoisotopic (exact) mass is 468 g/mol. The number of hydrogen-bond acceptors (Lipinski definition) is 5. The predicted octanol–water partition coefficient (Wildman–Crippen LogP) is 8.39. The fourth-order valence-electron chi connectivity index (χ4n) is 3.53. The molecule has 0 N–H and O–H groups in total. The molecule has 1 atom stereocenters. The summed E-state index contributed by atoms with van der Waals surface area (Å²) in [6.45, 7) is 6.77. The average molecular weight is 469 g/mol. The number of carbonyl (C=O) groups excluding carboxylic acids is 1. The first-order valence-electron chi connectivity index (χ1n) is 11.5. The SMILES string of the molecule is CCCCCCCCCCCCSC(=S)SCC(c1ccccc1)C(C)(C)OC=O. The summed E-state index contributed by atoms with van der Waals surface area (Å²) in [7, 11) is 0. The van der Waals surface area contributed by atoms with Gasteiger partial charge >= 0.3 is 0 Å². The van der Waals surface area contributed by atoms with Crippen LogP contribution >= 0.6 is 35.7 Å². The van der Waals surface area contributed by atoms with E-state index in [2.05, 4.69) is 19.1 Å². The van der Waals surface area contributed by atoms with E-state index < -0.39 is 5.60 Å². The summed E-state index contributed by atoms with van der Waals surface area (Å²) >= 11 is 9.11. The van der Waals surface area contributed by atoms with E-state index in [1.54, 1.807) is 23.5 Å². The molecule has 0 saturated carbocycles. The van der Waals surface area contributed by atoms with Gasteiger partial charge in [-0.2, -0.15) is 0 Å². The molecule has 1 aromatic carbocycles. The molecule has 0 saturated heterocycles. The fraction of sp³-hybridized carbons (Fsp3) is 0.680. The van der Waals surface area contributed by atoms with E-state index >= 15 is 0 Å². The molecular weight excluding hydrogens is 428 g/mol. The molecule has 0 spiro atoms. The molecular formula is C25H40O2S3. The van der Waals surface area contributed by atoms with Crippen LogP contribution in [0, 0.1) is 0 Å². The fourth-order valence-corrected chi connectivity index (χ4v) is 6.18.